The van der Waals surface area contributed by atoms with Crippen molar-refractivity contribution in [2.24, 2.45) is 17.8 Å². The average Bonchev–Trinajstić information content (AvgIpc) is 2.76. The predicted molar refractivity (Wildman–Crippen MR) is 116 cm³/mol. The van der Waals surface area contributed by atoms with Crippen LogP contribution in [0.5, 0.6) is 5.75 Å². The molecule has 0 unspecified atom stereocenters. The van der Waals surface area contributed by atoms with Gasteiger partial charge in [0.2, 0.25) is 5.82 Å². The number of hydrogen-bond acceptors (Lipinski definition) is 1. The van der Waals surface area contributed by atoms with Crippen LogP contribution in [0.2, 0.25) is 0 Å². The molecule has 2 aliphatic rings. The molecule has 0 radical (unpaired) electrons. The zero-order valence-electron chi connectivity index (χ0n) is 18.1. The molecular weight excluding hydrogens is 366 g/mol. The van der Waals surface area contributed by atoms with E-state index in [0.29, 0.717) is 5.56 Å². The summed E-state index contributed by atoms with van der Waals surface area (Å²) >= 11 is 0. The molecular formula is C26H38F2O. The molecule has 162 valence electrons. The third-order valence-corrected chi connectivity index (χ3v) is 7.42. The molecule has 0 atom stereocenters. The van der Waals surface area contributed by atoms with E-state index in [2.05, 4.69) is 13.5 Å². The first-order chi connectivity index (χ1) is 14.1. The molecule has 0 amide bonds. The van der Waals surface area contributed by atoms with Crippen LogP contribution < -0.4 is 4.74 Å². The topological polar surface area (TPSA) is 9.23 Å². The van der Waals surface area contributed by atoms with E-state index in [9.17, 15) is 8.78 Å². The van der Waals surface area contributed by atoms with Crippen molar-refractivity contribution in [3.63, 3.8) is 0 Å². The smallest absolute Gasteiger partial charge is 0.200 e. The molecule has 0 saturated heterocycles. The van der Waals surface area contributed by atoms with Gasteiger partial charge < -0.3 is 4.74 Å². The van der Waals surface area contributed by atoms with Crippen molar-refractivity contribution < 1.29 is 13.5 Å². The Morgan fingerprint density at radius 3 is 2.21 bits per heavy atom. The van der Waals surface area contributed by atoms with Crippen molar-refractivity contribution >= 4 is 0 Å². The minimum absolute atomic E-state index is 0.0180. The van der Waals surface area contributed by atoms with Gasteiger partial charge in [-0.15, -0.1) is 0 Å². The van der Waals surface area contributed by atoms with E-state index in [4.69, 9.17) is 4.74 Å². The minimum atomic E-state index is -0.854. The van der Waals surface area contributed by atoms with Crippen LogP contribution in [0.4, 0.5) is 8.78 Å². The van der Waals surface area contributed by atoms with Gasteiger partial charge in [0.05, 0.1) is 0 Å². The van der Waals surface area contributed by atoms with Crippen LogP contribution in [-0.2, 0) is 0 Å². The summed E-state index contributed by atoms with van der Waals surface area (Å²) in [6.07, 6.45) is 16.9. The Morgan fingerprint density at radius 2 is 1.59 bits per heavy atom. The SMILES string of the molecule is C=CCOc1ccc(C2CCC(C3CCC(CCCCC)CC3)CC2)c(F)c1F. The maximum Gasteiger partial charge on any atom is 0.200 e. The van der Waals surface area contributed by atoms with Crippen molar-refractivity contribution in [3.05, 3.63) is 42.0 Å². The number of unbranched alkanes of at least 4 members (excludes halogenated alkanes) is 2. The number of benzene rings is 1. The van der Waals surface area contributed by atoms with Crippen LogP contribution in [0.15, 0.2) is 24.8 Å². The highest BCUT2D eigenvalue weighted by Gasteiger charge is 2.32. The summed E-state index contributed by atoms with van der Waals surface area (Å²) in [6.45, 7) is 6.00. The molecule has 0 aliphatic heterocycles. The van der Waals surface area contributed by atoms with Crippen LogP contribution in [0.1, 0.15) is 95.5 Å². The summed E-state index contributed by atoms with van der Waals surface area (Å²) in [5.74, 6) is 1.14. The van der Waals surface area contributed by atoms with Crippen LogP contribution in [-0.4, -0.2) is 6.61 Å². The molecule has 0 bridgehead atoms. The summed E-state index contributed by atoms with van der Waals surface area (Å²) < 4.78 is 34.1. The molecule has 3 rings (SSSR count). The standard InChI is InChI=1S/C26H38F2O/c1-3-5-6-7-19-8-10-20(11-9-19)21-12-14-22(15-13-21)23-16-17-24(29-18-4-2)26(28)25(23)27/h4,16-17,19-22H,2-3,5-15,18H2,1H3. The van der Waals surface area contributed by atoms with Gasteiger partial charge in [0.15, 0.2) is 11.6 Å². The quantitative estimate of drug-likeness (QED) is 0.298. The summed E-state index contributed by atoms with van der Waals surface area (Å²) in [7, 11) is 0. The molecule has 2 aliphatic carbocycles. The number of ether oxygens (including phenoxy) is 1. The molecule has 1 aromatic carbocycles. The van der Waals surface area contributed by atoms with Gasteiger partial charge in [-0.2, -0.15) is 4.39 Å². The van der Waals surface area contributed by atoms with Gasteiger partial charge in [-0.25, -0.2) is 4.39 Å². The second kappa shape index (κ2) is 11.1. The minimum Gasteiger partial charge on any atom is -0.486 e. The molecule has 3 heteroatoms. The van der Waals surface area contributed by atoms with Gasteiger partial charge in [0.1, 0.15) is 6.61 Å². The van der Waals surface area contributed by atoms with E-state index in [0.717, 1.165) is 43.4 Å². The highest BCUT2D eigenvalue weighted by Crippen LogP contribution is 2.45. The second-order valence-corrected chi connectivity index (χ2v) is 9.27. The fraction of sp³-hybridized carbons (Fsp3) is 0.692. The Balaban J connectivity index is 1.48. The lowest BCUT2D eigenvalue weighted by molar-refractivity contribution is 0.155. The number of hydrogen-bond donors (Lipinski definition) is 0. The molecule has 29 heavy (non-hydrogen) atoms. The molecule has 1 aromatic rings. The van der Waals surface area contributed by atoms with Crippen molar-refractivity contribution in [1.82, 2.24) is 0 Å². The first-order valence-electron chi connectivity index (χ1n) is 11.9. The summed E-state index contributed by atoms with van der Waals surface area (Å²) in [4.78, 5) is 0. The monoisotopic (exact) mass is 404 g/mol. The fourth-order valence-corrected chi connectivity index (χ4v) is 5.66. The van der Waals surface area contributed by atoms with E-state index in [1.54, 1.807) is 12.1 Å². The zero-order valence-corrected chi connectivity index (χ0v) is 18.1. The van der Waals surface area contributed by atoms with Crippen LogP contribution >= 0.6 is 0 Å². The highest BCUT2D eigenvalue weighted by molar-refractivity contribution is 5.33. The highest BCUT2D eigenvalue weighted by atomic mass is 19.2. The Morgan fingerprint density at radius 1 is 0.931 bits per heavy atom. The van der Waals surface area contributed by atoms with Gasteiger partial charge in [-0.3, -0.25) is 0 Å². The van der Waals surface area contributed by atoms with E-state index < -0.39 is 11.6 Å². The van der Waals surface area contributed by atoms with Crippen molar-refractivity contribution in [1.29, 1.82) is 0 Å². The first kappa shape index (κ1) is 22.3. The van der Waals surface area contributed by atoms with Gasteiger partial charge >= 0.3 is 0 Å². The normalized spacial score (nSPS) is 27.6. The Hall–Kier alpha value is -1.38. The van der Waals surface area contributed by atoms with Gasteiger partial charge in [0.25, 0.3) is 0 Å². The predicted octanol–water partition coefficient (Wildman–Crippen LogP) is 8.19. The number of halogens is 2. The van der Waals surface area contributed by atoms with E-state index >= 15 is 0 Å². The molecule has 2 saturated carbocycles. The van der Waals surface area contributed by atoms with Gasteiger partial charge in [-0.1, -0.05) is 64.2 Å². The van der Waals surface area contributed by atoms with Crippen LogP contribution in [0.25, 0.3) is 0 Å². The second-order valence-electron chi connectivity index (χ2n) is 9.27. The third-order valence-electron chi connectivity index (χ3n) is 7.42. The maximum atomic E-state index is 14.6. The van der Waals surface area contributed by atoms with E-state index in [-0.39, 0.29) is 18.3 Å². The molecule has 1 nitrogen and oxygen atoms in total. The number of rotatable bonds is 9. The molecule has 0 spiro atoms. The van der Waals surface area contributed by atoms with Crippen molar-refractivity contribution in [2.75, 3.05) is 6.61 Å². The van der Waals surface area contributed by atoms with Gasteiger partial charge in [0, 0.05) is 0 Å². The largest absolute Gasteiger partial charge is 0.486 e. The van der Waals surface area contributed by atoms with E-state index in [1.807, 2.05) is 0 Å². The molecule has 0 N–H and O–H groups in total. The lowest BCUT2D eigenvalue weighted by atomic mass is 9.68. The Bertz CT molecular complexity index is 640. The average molecular weight is 405 g/mol. The van der Waals surface area contributed by atoms with Crippen LogP contribution in [0.3, 0.4) is 0 Å². The summed E-state index contributed by atoms with van der Waals surface area (Å²) in [6, 6.07) is 3.30. The maximum absolute atomic E-state index is 14.6. The first-order valence-corrected chi connectivity index (χ1v) is 11.9. The lowest BCUT2D eigenvalue weighted by Gasteiger charge is -2.38. The Labute approximate surface area is 175 Å². The third kappa shape index (κ3) is 5.83. The summed E-state index contributed by atoms with van der Waals surface area (Å²) in [5.41, 5.74) is 0.534. The zero-order chi connectivity index (χ0) is 20.6. The van der Waals surface area contributed by atoms with E-state index in [1.165, 1.54) is 57.4 Å². The van der Waals surface area contributed by atoms with Gasteiger partial charge in [-0.05, 0) is 73.8 Å². The van der Waals surface area contributed by atoms with Crippen LogP contribution in [0, 0.1) is 29.4 Å². The fourth-order valence-electron chi connectivity index (χ4n) is 5.66. The lowest BCUT2D eigenvalue weighted by Crippen LogP contribution is -2.25. The molecule has 2 fully saturated rings. The van der Waals surface area contributed by atoms with Crippen molar-refractivity contribution in [2.45, 2.75) is 89.9 Å². The molecule has 0 aromatic heterocycles. The summed E-state index contributed by atoms with van der Waals surface area (Å²) in [5, 5.41) is 0. The molecule has 0 heterocycles. The van der Waals surface area contributed by atoms with Crippen molar-refractivity contribution in [3.8, 4) is 5.75 Å². The Kier molecular flexibility index (Phi) is 8.56.